The fourth-order valence-corrected chi connectivity index (χ4v) is 3.88. The lowest BCUT2D eigenvalue weighted by molar-refractivity contribution is -0.364. The highest BCUT2D eigenvalue weighted by Gasteiger charge is 2.82. The lowest BCUT2D eigenvalue weighted by atomic mass is 9.70. The molecule has 0 aromatic rings. The van der Waals surface area contributed by atoms with Crippen molar-refractivity contribution >= 4 is 5.78 Å². The van der Waals surface area contributed by atoms with Gasteiger partial charge in [0.2, 0.25) is 0 Å². The van der Waals surface area contributed by atoms with Crippen molar-refractivity contribution in [1.29, 1.82) is 0 Å². The van der Waals surface area contributed by atoms with Crippen molar-refractivity contribution < 1.29 is 42.0 Å². The van der Waals surface area contributed by atoms with Gasteiger partial charge in [0.15, 0.2) is 0 Å². The molecule has 23 heavy (non-hydrogen) atoms. The molecule has 2 aliphatic carbocycles. The van der Waals surface area contributed by atoms with E-state index >= 15 is 0 Å². The zero-order valence-corrected chi connectivity index (χ0v) is 12.4. The van der Waals surface area contributed by atoms with Gasteiger partial charge in [-0.3, -0.25) is 4.79 Å². The normalized spacial score (nSPS) is 37.1. The lowest BCUT2D eigenvalue weighted by Crippen LogP contribution is -2.59. The maximum Gasteiger partial charge on any atom is 0.459 e. The van der Waals surface area contributed by atoms with Gasteiger partial charge in [0.05, 0.1) is 12.2 Å². The Bertz CT molecular complexity index is 619. The van der Waals surface area contributed by atoms with Gasteiger partial charge in [-0.05, 0) is 17.4 Å². The van der Waals surface area contributed by atoms with Crippen LogP contribution in [0.4, 0.5) is 30.7 Å². The molecular weight excluding hydrogens is 333 g/mol. The molecular formula is C14H15F7O2. The summed E-state index contributed by atoms with van der Waals surface area (Å²) in [4.78, 5) is 12.3. The van der Waals surface area contributed by atoms with E-state index in [-0.39, 0.29) is 6.42 Å². The van der Waals surface area contributed by atoms with Crippen molar-refractivity contribution in [3.8, 4) is 0 Å². The summed E-state index contributed by atoms with van der Waals surface area (Å²) < 4.78 is 99.8. The summed E-state index contributed by atoms with van der Waals surface area (Å²) in [7, 11) is 0. The molecule has 0 aromatic carbocycles. The Morgan fingerprint density at radius 3 is 2.00 bits per heavy atom. The summed E-state index contributed by atoms with van der Waals surface area (Å²) in [5, 5.41) is 9.33. The first kappa shape index (κ1) is 16.6. The first-order chi connectivity index (χ1) is 10.4. The third kappa shape index (κ3) is 1.85. The molecule has 2 aliphatic rings. The summed E-state index contributed by atoms with van der Waals surface area (Å²) in [6.07, 6.45) is -8.06. The van der Waals surface area contributed by atoms with Gasteiger partial charge in [0.1, 0.15) is 7.15 Å². The Kier molecular flexibility index (Phi) is 3.18. The van der Waals surface area contributed by atoms with Gasteiger partial charge < -0.3 is 5.11 Å². The molecule has 2 rings (SSSR count). The van der Waals surface area contributed by atoms with Gasteiger partial charge in [-0.25, -0.2) is 0 Å². The van der Waals surface area contributed by atoms with Crippen LogP contribution in [-0.4, -0.2) is 28.9 Å². The smallest absolute Gasteiger partial charge is 0.459 e. The summed E-state index contributed by atoms with van der Waals surface area (Å²) >= 11 is 0. The number of aliphatic hydroxyl groups excluding tert-OH is 1. The molecule has 0 radical (unpaired) electrons. The van der Waals surface area contributed by atoms with E-state index in [0.717, 1.165) is 0 Å². The number of carbonyl (C=O) groups is 1. The van der Waals surface area contributed by atoms with Crippen LogP contribution in [0, 0.1) is 22.7 Å². The largest absolute Gasteiger partial charge is 0.516 e. The van der Waals surface area contributed by atoms with E-state index in [1.807, 2.05) is 0 Å². The van der Waals surface area contributed by atoms with E-state index in [1.54, 1.807) is 0 Å². The molecule has 0 aliphatic heterocycles. The zero-order valence-electron chi connectivity index (χ0n) is 13.4. The number of rotatable bonds is 2. The van der Waals surface area contributed by atoms with Crippen molar-refractivity contribution in [2.45, 2.75) is 45.2 Å². The number of ketones is 1. The average Bonchev–Trinajstić information content (AvgIpc) is 2.66. The summed E-state index contributed by atoms with van der Waals surface area (Å²) in [6, 6.07) is 0. The van der Waals surface area contributed by atoms with Crippen molar-refractivity contribution in [3.63, 3.8) is 0 Å². The zero-order chi connectivity index (χ0) is 19.1. The summed E-state index contributed by atoms with van der Waals surface area (Å²) in [5.74, 6) is -18.3. The molecule has 0 spiro atoms. The van der Waals surface area contributed by atoms with E-state index in [0.29, 0.717) is 0 Å². The number of fused-ring (bicyclic) bond motifs is 2. The number of alkyl halides is 7. The van der Waals surface area contributed by atoms with Gasteiger partial charge in [-0.2, -0.15) is 30.7 Å². The van der Waals surface area contributed by atoms with Crippen LogP contribution in [0.3, 0.4) is 0 Å². The van der Waals surface area contributed by atoms with Crippen molar-refractivity contribution in [2.24, 2.45) is 22.7 Å². The van der Waals surface area contributed by atoms with Crippen LogP contribution < -0.4 is 0 Å². The molecule has 2 bridgehead atoms. The summed E-state index contributed by atoms with van der Waals surface area (Å²) in [5.41, 5.74) is -3.48. The van der Waals surface area contributed by atoms with Crippen LogP contribution in [0.15, 0.2) is 11.8 Å². The molecule has 0 saturated heterocycles. The fraction of sp³-hybridized carbons (Fsp3) is 0.786. The van der Waals surface area contributed by atoms with Gasteiger partial charge in [0.25, 0.3) is 0 Å². The Hall–Kier alpha value is -1.28. The number of halogens is 7. The molecule has 0 aromatic heterocycles. The predicted molar refractivity (Wildman–Crippen MR) is 65.2 cm³/mol. The molecule has 2 fully saturated rings. The Morgan fingerprint density at radius 1 is 1.17 bits per heavy atom. The van der Waals surface area contributed by atoms with E-state index in [9.17, 15) is 40.6 Å². The Balaban J connectivity index is 2.68. The van der Waals surface area contributed by atoms with Crippen LogP contribution in [0.25, 0.3) is 0 Å². The minimum Gasteiger partial charge on any atom is -0.516 e. The second-order valence-electron chi connectivity index (χ2n) is 6.88. The summed E-state index contributed by atoms with van der Waals surface area (Å²) in [6.45, 7) is 3.75. The van der Waals surface area contributed by atoms with Crippen molar-refractivity contribution in [1.82, 2.24) is 0 Å². The number of aliphatic hydroxyl groups is 1. The van der Waals surface area contributed by atoms with Gasteiger partial charge in [-0.15, -0.1) is 0 Å². The van der Waals surface area contributed by atoms with Gasteiger partial charge in [-0.1, -0.05) is 20.8 Å². The predicted octanol–water partition coefficient (Wildman–Crippen LogP) is 4.51. The fourth-order valence-electron chi connectivity index (χ4n) is 3.88. The third-order valence-electron chi connectivity index (χ3n) is 5.59. The van der Waals surface area contributed by atoms with Crippen molar-refractivity contribution in [2.75, 3.05) is 0 Å². The van der Waals surface area contributed by atoms with Crippen LogP contribution >= 0.6 is 0 Å². The highest BCUT2D eigenvalue weighted by molar-refractivity contribution is 5.94. The minimum absolute atomic E-state index is 0.330. The van der Waals surface area contributed by atoms with Crippen molar-refractivity contribution in [3.05, 3.63) is 11.8 Å². The Labute approximate surface area is 128 Å². The molecule has 3 atom stereocenters. The highest BCUT2D eigenvalue weighted by Crippen LogP contribution is 2.71. The van der Waals surface area contributed by atoms with Gasteiger partial charge in [0, 0.05) is 11.3 Å². The molecule has 132 valence electrons. The molecule has 9 heteroatoms. The molecule has 2 saturated carbocycles. The second-order valence-corrected chi connectivity index (χ2v) is 6.88. The minimum atomic E-state index is -6.55. The van der Waals surface area contributed by atoms with Crippen LogP contribution in [0.2, 0.25) is 0 Å². The topological polar surface area (TPSA) is 37.3 Å². The second kappa shape index (κ2) is 4.42. The average molecular weight is 349 g/mol. The number of hydrogen-bond acceptors (Lipinski definition) is 2. The van der Waals surface area contributed by atoms with E-state index in [2.05, 4.69) is 0 Å². The van der Waals surface area contributed by atoms with E-state index in [4.69, 9.17) is 1.37 Å². The molecule has 0 amide bonds. The van der Waals surface area contributed by atoms with E-state index < -0.39 is 58.3 Å². The van der Waals surface area contributed by atoms with Gasteiger partial charge >= 0.3 is 18.0 Å². The molecule has 0 heterocycles. The number of allylic oxidation sites excluding steroid dienone is 1. The number of Topliss-reactive ketones (excluding diaryl/α,β-unsaturated/α-hetero) is 1. The number of carbonyl (C=O) groups excluding carboxylic acids is 1. The Morgan fingerprint density at radius 2 is 1.65 bits per heavy atom. The van der Waals surface area contributed by atoms with Crippen LogP contribution in [0.1, 0.15) is 28.6 Å². The van der Waals surface area contributed by atoms with Crippen LogP contribution in [-0.2, 0) is 4.79 Å². The van der Waals surface area contributed by atoms with Crippen LogP contribution in [0.5, 0.6) is 0 Å². The lowest BCUT2D eigenvalue weighted by Gasteiger charge is -2.37. The molecule has 2 nitrogen and oxygen atoms in total. The monoisotopic (exact) mass is 349 g/mol. The maximum absolute atomic E-state index is 14.2. The third-order valence-corrected chi connectivity index (χ3v) is 5.59. The quantitative estimate of drug-likeness (QED) is 0.588. The van der Waals surface area contributed by atoms with E-state index in [1.165, 1.54) is 20.8 Å². The molecule has 1 N–H and O–H groups in total. The highest BCUT2D eigenvalue weighted by atomic mass is 19.4. The number of hydrogen-bond donors (Lipinski definition) is 1. The SMILES string of the molecule is [2H]C(O)=C1CC2(C)C(=O)C(C(F)(F)C(F)(F)C(F)(F)F)C1C2(C)C. The first-order valence-corrected chi connectivity index (χ1v) is 6.70. The molecule has 3 unspecified atom stereocenters. The maximum atomic E-state index is 14.2. The first-order valence-electron chi connectivity index (χ1n) is 7.20. The standard InChI is InChI=1S/C14H15F7O2/c1-10(2)7-6(5-22)4-11(10,3)9(23)8(7)12(15,16)13(17,18)14(19,20)21/h5,7-8,22H,4H2,1-3H3/i5D.